The Morgan fingerprint density at radius 3 is 2.84 bits per heavy atom. The molecule has 0 aromatic heterocycles. The van der Waals surface area contributed by atoms with Gasteiger partial charge in [0.25, 0.3) is 0 Å². The van der Waals surface area contributed by atoms with E-state index < -0.39 is 0 Å². The van der Waals surface area contributed by atoms with Crippen molar-refractivity contribution in [1.29, 1.82) is 0 Å². The van der Waals surface area contributed by atoms with Crippen molar-refractivity contribution in [3.05, 3.63) is 24.3 Å². The van der Waals surface area contributed by atoms with Gasteiger partial charge in [-0.1, -0.05) is 18.6 Å². The van der Waals surface area contributed by atoms with Crippen molar-refractivity contribution in [3.8, 4) is 5.75 Å². The van der Waals surface area contributed by atoms with Crippen LogP contribution in [0.3, 0.4) is 0 Å². The summed E-state index contributed by atoms with van der Waals surface area (Å²) >= 11 is 0. The monoisotopic (exact) mass is 259 g/mol. The summed E-state index contributed by atoms with van der Waals surface area (Å²) in [6, 6.07) is 7.57. The fourth-order valence-electron chi connectivity index (χ4n) is 3.81. The first kappa shape index (κ1) is 12.5. The van der Waals surface area contributed by atoms with Crippen molar-refractivity contribution in [1.82, 2.24) is 0 Å². The molecule has 3 rings (SSSR count). The first-order valence-electron chi connectivity index (χ1n) is 7.19. The van der Waals surface area contributed by atoms with Crippen LogP contribution in [0.15, 0.2) is 24.3 Å². The van der Waals surface area contributed by atoms with E-state index in [0.717, 1.165) is 23.3 Å². The van der Waals surface area contributed by atoms with Crippen LogP contribution in [0.2, 0.25) is 0 Å². The van der Waals surface area contributed by atoms with Gasteiger partial charge in [0.1, 0.15) is 5.75 Å². The lowest BCUT2D eigenvalue weighted by molar-refractivity contribution is -0.117. The molecule has 0 radical (unpaired) electrons. The molecule has 2 aliphatic carbocycles. The molecular weight excluding hydrogens is 238 g/mol. The third-order valence-corrected chi connectivity index (χ3v) is 4.71. The molecule has 2 bridgehead atoms. The van der Waals surface area contributed by atoms with Gasteiger partial charge in [0.15, 0.2) is 0 Å². The molecule has 102 valence electrons. The van der Waals surface area contributed by atoms with Gasteiger partial charge in [-0.2, -0.15) is 0 Å². The van der Waals surface area contributed by atoms with Crippen molar-refractivity contribution >= 4 is 11.6 Å². The number of anilines is 1. The normalized spacial score (nSPS) is 28.4. The molecule has 2 aliphatic rings. The van der Waals surface area contributed by atoms with Gasteiger partial charge in [0.05, 0.1) is 12.8 Å². The van der Waals surface area contributed by atoms with E-state index in [0.29, 0.717) is 12.3 Å². The molecule has 0 heterocycles. The van der Waals surface area contributed by atoms with E-state index in [1.54, 1.807) is 7.11 Å². The molecule has 2 saturated carbocycles. The number of fused-ring (bicyclic) bond motifs is 2. The maximum absolute atomic E-state index is 12.1. The number of rotatable bonds is 4. The lowest BCUT2D eigenvalue weighted by atomic mass is 9.86. The summed E-state index contributed by atoms with van der Waals surface area (Å²) in [6.07, 6.45) is 5.99. The lowest BCUT2D eigenvalue weighted by Gasteiger charge is -2.21. The number of ether oxygens (including phenoxy) is 1. The van der Waals surface area contributed by atoms with Gasteiger partial charge in [-0.15, -0.1) is 0 Å². The summed E-state index contributed by atoms with van der Waals surface area (Å²) in [6.45, 7) is 0. The number of methoxy groups -OCH3 is 1. The highest BCUT2D eigenvalue weighted by Crippen LogP contribution is 2.49. The van der Waals surface area contributed by atoms with Crippen LogP contribution >= 0.6 is 0 Å². The maximum atomic E-state index is 12.1. The highest BCUT2D eigenvalue weighted by atomic mass is 16.5. The molecule has 2 fully saturated rings. The predicted molar refractivity (Wildman–Crippen MR) is 75.2 cm³/mol. The molecule has 1 aromatic rings. The maximum Gasteiger partial charge on any atom is 0.224 e. The van der Waals surface area contributed by atoms with Crippen LogP contribution in [0.1, 0.15) is 32.1 Å². The summed E-state index contributed by atoms with van der Waals surface area (Å²) in [5.41, 5.74) is 0.776. The van der Waals surface area contributed by atoms with Crippen molar-refractivity contribution in [2.24, 2.45) is 17.8 Å². The molecule has 3 heteroatoms. The topological polar surface area (TPSA) is 38.3 Å². The first-order chi connectivity index (χ1) is 9.26. The SMILES string of the molecule is COc1ccccc1NC(=O)C[C@H]1C[C@@H]2CC[C@@H]1C2. The fraction of sp³-hybridized carbons (Fsp3) is 0.562. The Morgan fingerprint density at radius 2 is 2.16 bits per heavy atom. The molecule has 19 heavy (non-hydrogen) atoms. The number of amides is 1. The van der Waals surface area contributed by atoms with Crippen LogP contribution in [-0.4, -0.2) is 13.0 Å². The van der Waals surface area contributed by atoms with E-state index >= 15 is 0 Å². The average molecular weight is 259 g/mol. The molecule has 3 atom stereocenters. The van der Waals surface area contributed by atoms with E-state index in [9.17, 15) is 4.79 Å². The standard InChI is InChI=1S/C16H21NO2/c1-19-15-5-3-2-4-14(15)17-16(18)10-13-9-11-6-7-12(13)8-11/h2-5,11-13H,6-10H2,1H3,(H,17,18)/t11-,12-,13-/m1/s1. The highest BCUT2D eigenvalue weighted by Gasteiger charge is 2.40. The van der Waals surface area contributed by atoms with Crippen molar-refractivity contribution in [2.45, 2.75) is 32.1 Å². The molecule has 0 unspecified atom stereocenters. The molecular formula is C16H21NO2. The zero-order valence-electron chi connectivity index (χ0n) is 11.4. The number of benzene rings is 1. The number of carbonyl (C=O) groups is 1. The summed E-state index contributed by atoms with van der Waals surface area (Å²) in [4.78, 5) is 12.1. The molecule has 0 aliphatic heterocycles. The van der Waals surface area contributed by atoms with Gasteiger partial charge >= 0.3 is 0 Å². The lowest BCUT2D eigenvalue weighted by Crippen LogP contribution is -2.20. The Bertz CT molecular complexity index is 472. The van der Waals surface area contributed by atoms with Gasteiger partial charge in [-0.3, -0.25) is 4.79 Å². The Labute approximate surface area is 114 Å². The Kier molecular flexibility index (Phi) is 3.45. The van der Waals surface area contributed by atoms with E-state index in [1.807, 2.05) is 24.3 Å². The van der Waals surface area contributed by atoms with Gasteiger partial charge in [-0.25, -0.2) is 0 Å². The minimum Gasteiger partial charge on any atom is -0.495 e. The summed E-state index contributed by atoms with van der Waals surface area (Å²) < 4.78 is 5.25. The van der Waals surface area contributed by atoms with Crippen molar-refractivity contribution in [2.75, 3.05) is 12.4 Å². The molecule has 1 N–H and O–H groups in total. The molecule has 0 spiro atoms. The van der Waals surface area contributed by atoms with E-state index in [2.05, 4.69) is 5.32 Å². The Morgan fingerprint density at radius 1 is 1.32 bits per heavy atom. The molecule has 3 nitrogen and oxygen atoms in total. The number of carbonyl (C=O) groups excluding carboxylic acids is 1. The minimum absolute atomic E-state index is 0.127. The number of nitrogens with one attached hydrogen (secondary N) is 1. The molecule has 0 saturated heterocycles. The third kappa shape index (κ3) is 2.60. The summed E-state index contributed by atoms with van der Waals surface area (Å²) in [5.74, 6) is 3.15. The smallest absolute Gasteiger partial charge is 0.224 e. The number of para-hydroxylation sites is 2. The third-order valence-electron chi connectivity index (χ3n) is 4.71. The highest BCUT2D eigenvalue weighted by molar-refractivity contribution is 5.92. The zero-order chi connectivity index (χ0) is 13.2. The molecule has 1 aromatic carbocycles. The van der Waals surface area contributed by atoms with Crippen molar-refractivity contribution in [3.63, 3.8) is 0 Å². The van der Waals surface area contributed by atoms with E-state index in [-0.39, 0.29) is 5.91 Å². The zero-order valence-corrected chi connectivity index (χ0v) is 11.4. The van der Waals surface area contributed by atoms with Gasteiger partial charge in [-0.05, 0) is 49.1 Å². The number of hydrogen-bond acceptors (Lipinski definition) is 2. The van der Waals surface area contributed by atoms with Crippen LogP contribution < -0.4 is 10.1 Å². The quantitative estimate of drug-likeness (QED) is 0.899. The van der Waals surface area contributed by atoms with Gasteiger partial charge in [0.2, 0.25) is 5.91 Å². The second-order valence-corrected chi connectivity index (χ2v) is 5.89. The predicted octanol–water partition coefficient (Wildman–Crippen LogP) is 3.46. The minimum atomic E-state index is 0.127. The van der Waals surface area contributed by atoms with E-state index in [4.69, 9.17) is 4.74 Å². The Balaban J connectivity index is 1.59. The van der Waals surface area contributed by atoms with Crippen LogP contribution in [0, 0.1) is 17.8 Å². The summed E-state index contributed by atoms with van der Waals surface area (Å²) in [7, 11) is 1.63. The molecule has 1 amide bonds. The largest absolute Gasteiger partial charge is 0.495 e. The second kappa shape index (κ2) is 5.24. The average Bonchev–Trinajstić information content (AvgIpc) is 3.01. The fourth-order valence-corrected chi connectivity index (χ4v) is 3.81. The van der Waals surface area contributed by atoms with Crippen molar-refractivity contribution < 1.29 is 9.53 Å². The number of hydrogen-bond donors (Lipinski definition) is 1. The van der Waals surface area contributed by atoms with Crippen LogP contribution in [0.5, 0.6) is 5.75 Å². The Hall–Kier alpha value is -1.51. The van der Waals surface area contributed by atoms with E-state index in [1.165, 1.54) is 25.7 Å². The van der Waals surface area contributed by atoms with Crippen LogP contribution in [0.25, 0.3) is 0 Å². The van der Waals surface area contributed by atoms with Gasteiger partial charge < -0.3 is 10.1 Å². The van der Waals surface area contributed by atoms with Gasteiger partial charge in [0, 0.05) is 6.42 Å². The van der Waals surface area contributed by atoms with Crippen LogP contribution in [-0.2, 0) is 4.79 Å². The van der Waals surface area contributed by atoms with Crippen LogP contribution in [0.4, 0.5) is 5.69 Å². The first-order valence-corrected chi connectivity index (χ1v) is 7.19. The second-order valence-electron chi connectivity index (χ2n) is 5.89. The summed E-state index contributed by atoms with van der Waals surface area (Å²) in [5, 5.41) is 2.98.